The van der Waals surface area contributed by atoms with E-state index in [-0.39, 0.29) is 25.1 Å². The standard InChI is InChI=1S/C19H24FNO3/c1-3-16(12-22)21-11-14-8-9-18(19(10-14)23-2)24-13-15-6-4-5-7-17(15)20/h4-10,16,21-22H,3,11-13H2,1-2H3. The van der Waals surface area contributed by atoms with Crippen molar-refractivity contribution in [3.8, 4) is 11.5 Å². The lowest BCUT2D eigenvalue weighted by molar-refractivity contribution is 0.238. The Morgan fingerprint density at radius 3 is 2.62 bits per heavy atom. The zero-order chi connectivity index (χ0) is 17.4. The molecule has 0 aromatic heterocycles. The van der Waals surface area contributed by atoms with E-state index in [0.29, 0.717) is 23.6 Å². The molecule has 0 spiro atoms. The maximum atomic E-state index is 13.6. The normalized spacial score (nSPS) is 12.0. The van der Waals surface area contributed by atoms with E-state index in [1.54, 1.807) is 25.3 Å². The second kappa shape index (κ2) is 9.25. The average molecular weight is 333 g/mol. The third kappa shape index (κ3) is 4.94. The van der Waals surface area contributed by atoms with Crippen LogP contribution in [-0.4, -0.2) is 24.9 Å². The van der Waals surface area contributed by atoms with Gasteiger partial charge in [0.1, 0.15) is 12.4 Å². The van der Waals surface area contributed by atoms with E-state index in [0.717, 1.165) is 12.0 Å². The highest BCUT2D eigenvalue weighted by atomic mass is 19.1. The van der Waals surface area contributed by atoms with Crippen molar-refractivity contribution in [1.82, 2.24) is 5.32 Å². The molecule has 5 heteroatoms. The zero-order valence-electron chi connectivity index (χ0n) is 14.1. The summed E-state index contributed by atoms with van der Waals surface area (Å²) >= 11 is 0. The minimum atomic E-state index is -0.285. The number of nitrogens with one attached hydrogen (secondary N) is 1. The smallest absolute Gasteiger partial charge is 0.161 e. The van der Waals surface area contributed by atoms with Gasteiger partial charge in [-0.1, -0.05) is 31.2 Å². The SMILES string of the molecule is CCC(CO)NCc1ccc(OCc2ccccc2F)c(OC)c1. The summed E-state index contributed by atoms with van der Waals surface area (Å²) in [6.45, 7) is 2.90. The molecule has 4 nitrogen and oxygen atoms in total. The molecule has 0 saturated heterocycles. The Morgan fingerprint density at radius 1 is 1.17 bits per heavy atom. The lowest BCUT2D eigenvalue weighted by Crippen LogP contribution is -2.31. The second-order valence-corrected chi connectivity index (χ2v) is 5.53. The van der Waals surface area contributed by atoms with Crippen molar-refractivity contribution in [1.29, 1.82) is 0 Å². The molecule has 2 aromatic rings. The van der Waals surface area contributed by atoms with Crippen molar-refractivity contribution in [2.75, 3.05) is 13.7 Å². The first-order chi connectivity index (χ1) is 11.7. The number of ether oxygens (including phenoxy) is 2. The van der Waals surface area contributed by atoms with Crippen LogP contribution in [-0.2, 0) is 13.2 Å². The Bertz CT molecular complexity index is 644. The van der Waals surface area contributed by atoms with Gasteiger partial charge in [-0.2, -0.15) is 0 Å². The zero-order valence-corrected chi connectivity index (χ0v) is 14.1. The first-order valence-corrected chi connectivity index (χ1v) is 8.05. The molecule has 0 bridgehead atoms. The minimum Gasteiger partial charge on any atom is -0.493 e. The Kier molecular flexibility index (Phi) is 7.03. The number of aliphatic hydroxyl groups is 1. The fourth-order valence-corrected chi connectivity index (χ4v) is 2.31. The maximum absolute atomic E-state index is 13.6. The van der Waals surface area contributed by atoms with Gasteiger partial charge in [0.15, 0.2) is 11.5 Å². The van der Waals surface area contributed by atoms with E-state index in [4.69, 9.17) is 9.47 Å². The van der Waals surface area contributed by atoms with E-state index in [9.17, 15) is 9.50 Å². The molecule has 2 N–H and O–H groups in total. The molecule has 1 unspecified atom stereocenters. The molecule has 0 amide bonds. The molecule has 24 heavy (non-hydrogen) atoms. The molecule has 2 rings (SSSR count). The summed E-state index contributed by atoms with van der Waals surface area (Å²) in [7, 11) is 1.57. The van der Waals surface area contributed by atoms with Crippen molar-refractivity contribution >= 4 is 0 Å². The Hall–Kier alpha value is -2.11. The molecule has 1 atom stereocenters. The van der Waals surface area contributed by atoms with Gasteiger partial charge in [0.25, 0.3) is 0 Å². The number of halogens is 1. The molecule has 0 aliphatic carbocycles. The summed E-state index contributed by atoms with van der Waals surface area (Å²) in [6, 6.07) is 12.2. The molecule has 0 fully saturated rings. The van der Waals surface area contributed by atoms with E-state index < -0.39 is 0 Å². The quantitative estimate of drug-likeness (QED) is 0.739. The van der Waals surface area contributed by atoms with Crippen LogP contribution in [0.3, 0.4) is 0 Å². The van der Waals surface area contributed by atoms with Crippen molar-refractivity contribution < 1.29 is 19.0 Å². The molecule has 0 aliphatic heterocycles. The summed E-state index contributed by atoms with van der Waals surface area (Å²) in [6.07, 6.45) is 0.859. The van der Waals surface area contributed by atoms with Crippen molar-refractivity contribution in [3.63, 3.8) is 0 Å². The molecule has 130 valence electrons. The molecule has 0 saturated carbocycles. The van der Waals surface area contributed by atoms with Gasteiger partial charge in [-0.25, -0.2) is 4.39 Å². The highest BCUT2D eigenvalue weighted by Crippen LogP contribution is 2.29. The van der Waals surface area contributed by atoms with Crippen LogP contribution in [0.1, 0.15) is 24.5 Å². The highest BCUT2D eigenvalue weighted by Gasteiger charge is 2.09. The van der Waals surface area contributed by atoms with Gasteiger partial charge >= 0.3 is 0 Å². The summed E-state index contributed by atoms with van der Waals surface area (Å²) in [5.41, 5.74) is 1.52. The van der Waals surface area contributed by atoms with Crippen LogP contribution in [0.5, 0.6) is 11.5 Å². The average Bonchev–Trinajstić information content (AvgIpc) is 2.62. The fraction of sp³-hybridized carbons (Fsp3) is 0.368. The van der Waals surface area contributed by atoms with Crippen LogP contribution < -0.4 is 14.8 Å². The van der Waals surface area contributed by atoms with Crippen molar-refractivity contribution in [2.45, 2.75) is 32.5 Å². The van der Waals surface area contributed by atoms with Crippen molar-refractivity contribution in [3.05, 3.63) is 59.4 Å². The van der Waals surface area contributed by atoms with Gasteiger partial charge < -0.3 is 19.9 Å². The van der Waals surface area contributed by atoms with Gasteiger partial charge in [-0.05, 0) is 30.2 Å². The van der Waals surface area contributed by atoms with Crippen LogP contribution in [0.15, 0.2) is 42.5 Å². The third-order valence-corrected chi connectivity index (χ3v) is 3.88. The number of aliphatic hydroxyl groups excluding tert-OH is 1. The van der Waals surface area contributed by atoms with Crippen LogP contribution >= 0.6 is 0 Å². The minimum absolute atomic E-state index is 0.0768. The summed E-state index contributed by atoms with van der Waals surface area (Å²) in [5.74, 6) is 0.883. The molecule has 0 aliphatic rings. The molecular formula is C19H24FNO3. The largest absolute Gasteiger partial charge is 0.493 e. The number of rotatable bonds is 9. The summed E-state index contributed by atoms with van der Waals surface area (Å²) < 4.78 is 24.7. The Balaban J connectivity index is 2.02. The number of benzene rings is 2. The second-order valence-electron chi connectivity index (χ2n) is 5.53. The van der Waals surface area contributed by atoms with Gasteiger partial charge in [0.2, 0.25) is 0 Å². The van der Waals surface area contributed by atoms with Gasteiger partial charge in [0.05, 0.1) is 13.7 Å². The predicted octanol–water partition coefficient (Wildman–Crippen LogP) is 3.27. The van der Waals surface area contributed by atoms with Gasteiger partial charge in [0, 0.05) is 18.2 Å². The Labute approximate surface area is 142 Å². The number of hydrogen-bond acceptors (Lipinski definition) is 4. The van der Waals surface area contributed by atoms with E-state index in [1.165, 1.54) is 6.07 Å². The fourth-order valence-electron chi connectivity index (χ4n) is 2.31. The lowest BCUT2D eigenvalue weighted by atomic mass is 10.1. The first-order valence-electron chi connectivity index (χ1n) is 8.05. The van der Waals surface area contributed by atoms with Gasteiger partial charge in [-0.3, -0.25) is 0 Å². The topological polar surface area (TPSA) is 50.7 Å². The van der Waals surface area contributed by atoms with E-state index in [1.807, 2.05) is 25.1 Å². The van der Waals surface area contributed by atoms with Crippen molar-refractivity contribution in [2.24, 2.45) is 0 Å². The first kappa shape index (κ1) is 18.2. The summed E-state index contributed by atoms with van der Waals surface area (Å²) in [4.78, 5) is 0. The Morgan fingerprint density at radius 2 is 1.96 bits per heavy atom. The monoisotopic (exact) mass is 333 g/mol. The maximum Gasteiger partial charge on any atom is 0.161 e. The van der Waals surface area contributed by atoms with E-state index >= 15 is 0 Å². The lowest BCUT2D eigenvalue weighted by Gasteiger charge is -2.16. The molecule has 2 aromatic carbocycles. The number of hydrogen-bond donors (Lipinski definition) is 2. The number of methoxy groups -OCH3 is 1. The highest BCUT2D eigenvalue weighted by molar-refractivity contribution is 5.43. The molecule has 0 heterocycles. The van der Waals surface area contributed by atoms with Crippen LogP contribution in [0, 0.1) is 5.82 Å². The predicted molar refractivity (Wildman–Crippen MR) is 91.7 cm³/mol. The van der Waals surface area contributed by atoms with Crippen LogP contribution in [0.25, 0.3) is 0 Å². The van der Waals surface area contributed by atoms with Crippen LogP contribution in [0.2, 0.25) is 0 Å². The van der Waals surface area contributed by atoms with E-state index in [2.05, 4.69) is 5.32 Å². The van der Waals surface area contributed by atoms with Crippen LogP contribution in [0.4, 0.5) is 4.39 Å². The third-order valence-electron chi connectivity index (χ3n) is 3.88. The summed E-state index contributed by atoms with van der Waals surface area (Å²) in [5, 5.41) is 12.5. The molecule has 0 radical (unpaired) electrons. The molecular weight excluding hydrogens is 309 g/mol. The van der Waals surface area contributed by atoms with Gasteiger partial charge in [-0.15, -0.1) is 0 Å².